The number of hydrogen-bond donors (Lipinski definition) is 2. The first-order valence-electron chi connectivity index (χ1n) is 6.91. The monoisotopic (exact) mass is 436 g/mol. The van der Waals surface area contributed by atoms with E-state index in [4.69, 9.17) is 4.42 Å². The SMILES string of the molecule is CNc1cc(Br)ccc1-c1nnc(-c2ccc(Br)cc2NC)o1. The molecule has 5 nitrogen and oxygen atoms in total. The third-order valence-electron chi connectivity index (χ3n) is 3.39. The predicted molar refractivity (Wildman–Crippen MR) is 99.7 cm³/mol. The molecule has 7 heteroatoms. The third kappa shape index (κ3) is 3.25. The maximum Gasteiger partial charge on any atom is 0.250 e. The van der Waals surface area contributed by atoms with Gasteiger partial charge in [-0.3, -0.25) is 0 Å². The van der Waals surface area contributed by atoms with Crippen LogP contribution in [0, 0.1) is 0 Å². The molecule has 1 heterocycles. The third-order valence-corrected chi connectivity index (χ3v) is 4.37. The van der Waals surface area contributed by atoms with Crippen molar-refractivity contribution in [1.29, 1.82) is 0 Å². The Morgan fingerprint density at radius 1 is 0.783 bits per heavy atom. The van der Waals surface area contributed by atoms with Crippen LogP contribution in [0.3, 0.4) is 0 Å². The Labute approximate surface area is 150 Å². The van der Waals surface area contributed by atoms with E-state index in [2.05, 4.69) is 52.7 Å². The molecular formula is C16H14Br2N4O. The van der Waals surface area contributed by atoms with Crippen LogP contribution in [0.5, 0.6) is 0 Å². The van der Waals surface area contributed by atoms with Crippen molar-refractivity contribution in [2.75, 3.05) is 24.7 Å². The largest absolute Gasteiger partial charge is 0.416 e. The van der Waals surface area contributed by atoms with Crippen molar-refractivity contribution in [3.63, 3.8) is 0 Å². The molecule has 0 bridgehead atoms. The van der Waals surface area contributed by atoms with E-state index in [1.807, 2.05) is 50.5 Å². The van der Waals surface area contributed by atoms with Crippen LogP contribution in [0.2, 0.25) is 0 Å². The van der Waals surface area contributed by atoms with E-state index in [0.717, 1.165) is 31.4 Å². The zero-order valence-corrected chi connectivity index (χ0v) is 15.7. The number of aromatic nitrogens is 2. The molecule has 3 rings (SSSR count). The van der Waals surface area contributed by atoms with Gasteiger partial charge in [-0.15, -0.1) is 10.2 Å². The van der Waals surface area contributed by atoms with Gasteiger partial charge in [-0.25, -0.2) is 0 Å². The smallest absolute Gasteiger partial charge is 0.250 e. The zero-order chi connectivity index (χ0) is 16.4. The van der Waals surface area contributed by atoms with Crippen molar-refractivity contribution >= 4 is 43.2 Å². The molecule has 2 N–H and O–H groups in total. The van der Waals surface area contributed by atoms with Crippen LogP contribution in [0.25, 0.3) is 22.9 Å². The van der Waals surface area contributed by atoms with Crippen molar-refractivity contribution in [1.82, 2.24) is 10.2 Å². The number of hydrogen-bond acceptors (Lipinski definition) is 5. The summed E-state index contributed by atoms with van der Waals surface area (Å²) in [7, 11) is 3.72. The zero-order valence-electron chi connectivity index (χ0n) is 12.5. The van der Waals surface area contributed by atoms with E-state index in [1.165, 1.54) is 0 Å². The van der Waals surface area contributed by atoms with Gasteiger partial charge < -0.3 is 15.1 Å². The van der Waals surface area contributed by atoms with Crippen LogP contribution < -0.4 is 10.6 Å². The van der Waals surface area contributed by atoms with E-state index < -0.39 is 0 Å². The fourth-order valence-electron chi connectivity index (χ4n) is 2.26. The summed E-state index contributed by atoms with van der Waals surface area (Å²) in [5.41, 5.74) is 3.55. The Bertz CT molecular complexity index is 780. The van der Waals surface area contributed by atoms with Crippen molar-refractivity contribution in [2.24, 2.45) is 0 Å². The second-order valence-electron chi connectivity index (χ2n) is 4.79. The molecule has 0 spiro atoms. The molecule has 0 aliphatic rings. The van der Waals surface area contributed by atoms with Crippen molar-refractivity contribution in [3.05, 3.63) is 45.3 Å². The van der Waals surface area contributed by atoms with Gasteiger partial charge in [0.25, 0.3) is 0 Å². The minimum atomic E-state index is 0.474. The maximum atomic E-state index is 5.89. The molecule has 1 aromatic heterocycles. The van der Waals surface area contributed by atoms with Gasteiger partial charge >= 0.3 is 0 Å². The van der Waals surface area contributed by atoms with E-state index >= 15 is 0 Å². The summed E-state index contributed by atoms with van der Waals surface area (Å²) in [5.74, 6) is 0.948. The highest BCUT2D eigenvalue weighted by atomic mass is 79.9. The van der Waals surface area contributed by atoms with Gasteiger partial charge in [-0.05, 0) is 36.4 Å². The van der Waals surface area contributed by atoms with Crippen molar-refractivity contribution < 1.29 is 4.42 Å². The summed E-state index contributed by atoms with van der Waals surface area (Å²) in [5, 5.41) is 14.7. The lowest BCUT2D eigenvalue weighted by Gasteiger charge is -2.07. The summed E-state index contributed by atoms with van der Waals surface area (Å²) in [6, 6.07) is 11.7. The quantitative estimate of drug-likeness (QED) is 0.600. The molecule has 0 fully saturated rings. The molecule has 0 amide bonds. The first kappa shape index (κ1) is 16.0. The van der Waals surface area contributed by atoms with Crippen LogP contribution in [-0.2, 0) is 0 Å². The molecule has 0 aliphatic heterocycles. The fourth-order valence-corrected chi connectivity index (χ4v) is 2.98. The van der Waals surface area contributed by atoms with Crippen LogP contribution in [0.1, 0.15) is 0 Å². The second-order valence-corrected chi connectivity index (χ2v) is 6.62. The van der Waals surface area contributed by atoms with Crippen molar-refractivity contribution in [3.8, 4) is 22.9 Å². The summed E-state index contributed by atoms with van der Waals surface area (Å²) >= 11 is 6.92. The van der Waals surface area contributed by atoms with Crippen LogP contribution in [0.4, 0.5) is 11.4 Å². The van der Waals surface area contributed by atoms with Gasteiger partial charge in [0.15, 0.2) is 0 Å². The number of nitrogens with one attached hydrogen (secondary N) is 2. The number of nitrogens with zero attached hydrogens (tertiary/aromatic N) is 2. The second kappa shape index (κ2) is 6.72. The Balaban J connectivity index is 2.05. The van der Waals surface area contributed by atoms with E-state index in [0.29, 0.717) is 11.8 Å². The van der Waals surface area contributed by atoms with Crippen LogP contribution in [0.15, 0.2) is 49.8 Å². The molecule has 2 aromatic carbocycles. The molecule has 0 saturated heterocycles. The first-order valence-corrected chi connectivity index (χ1v) is 8.50. The predicted octanol–water partition coefficient (Wildman–Crippen LogP) is 5.01. The average Bonchev–Trinajstić information content (AvgIpc) is 3.04. The Hall–Kier alpha value is -1.86. The molecule has 0 saturated carbocycles. The van der Waals surface area contributed by atoms with Crippen molar-refractivity contribution in [2.45, 2.75) is 0 Å². The van der Waals surface area contributed by atoms with Gasteiger partial charge in [0.1, 0.15) is 0 Å². The Morgan fingerprint density at radius 3 is 1.61 bits per heavy atom. The molecule has 0 aliphatic carbocycles. The topological polar surface area (TPSA) is 63.0 Å². The lowest BCUT2D eigenvalue weighted by Crippen LogP contribution is -1.92. The Kier molecular flexibility index (Phi) is 4.68. The fraction of sp³-hybridized carbons (Fsp3) is 0.125. The molecule has 0 atom stereocenters. The van der Waals surface area contributed by atoms with Gasteiger partial charge in [0.2, 0.25) is 11.8 Å². The summed E-state index contributed by atoms with van der Waals surface area (Å²) < 4.78 is 7.85. The average molecular weight is 438 g/mol. The maximum absolute atomic E-state index is 5.89. The molecule has 118 valence electrons. The van der Waals surface area contributed by atoms with Crippen LogP contribution >= 0.6 is 31.9 Å². The number of anilines is 2. The molecule has 3 aromatic rings. The summed E-state index contributed by atoms with van der Waals surface area (Å²) in [4.78, 5) is 0. The summed E-state index contributed by atoms with van der Waals surface area (Å²) in [6.07, 6.45) is 0. The molecular weight excluding hydrogens is 424 g/mol. The normalized spacial score (nSPS) is 10.6. The summed E-state index contributed by atoms with van der Waals surface area (Å²) in [6.45, 7) is 0. The minimum Gasteiger partial charge on any atom is -0.416 e. The number of rotatable bonds is 4. The highest BCUT2D eigenvalue weighted by Gasteiger charge is 2.16. The standard InChI is InChI=1S/C16H14Br2N4O/c1-19-13-7-9(17)3-5-11(13)15-21-22-16(23-15)12-6-4-10(18)8-14(12)20-2/h3-8,19-20H,1-2H3. The van der Waals surface area contributed by atoms with Gasteiger partial charge in [-0.1, -0.05) is 31.9 Å². The number of halogens is 2. The minimum absolute atomic E-state index is 0.474. The van der Waals surface area contributed by atoms with Gasteiger partial charge in [0, 0.05) is 34.4 Å². The van der Waals surface area contributed by atoms with Gasteiger partial charge in [-0.2, -0.15) is 0 Å². The lowest BCUT2D eigenvalue weighted by molar-refractivity contribution is 0.585. The van der Waals surface area contributed by atoms with E-state index in [9.17, 15) is 0 Å². The highest BCUT2D eigenvalue weighted by Crippen LogP contribution is 2.34. The first-order chi connectivity index (χ1) is 11.1. The van der Waals surface area contributed by atoms with Crippen LogP contribution in [-0.4, -0.2) is 24.3 Å². The lowest BCUT2D eigenvalue weighted by atomic mass is 10.1. The highest BCUT2D eigenvalue weighted by molar-refractivity contribution is 9.10. The number of benzene rings is 2. The van der Waals surface area contributed by atoms with Gasteiger partial charge in [0.05, 0.1) is 11.1 Å². The van der Waals surface area contributed by atoms with E-state index in [1.54, 1.807) is 0 Å². The molecule has 23 heavy (non-hydrogen) atoms. The Morgan fingerprint density at radius 2 is 1.22 bits per heavy atom. The molecule has 0 unspecified atom stereocenters. The molecule has 0 radical (unpaired) electrons. The van der Waals surface area contributed by atoms with E-state index in [-0.39, 0.29) is 0 Å².